The molecule has 2 aromatic heterocycles. The summed E-state index contributed by atoms with van der Waals surface area (Å²) < 4.78 is 1.80. The van der Waals surface area contributed by atoms with Crippen LogP contribution in [0.3, 0.4) is 0 Å². The number of benzene rings is 2. The first-order valence-electron chi connectivity index (χ1n) is 7.87. The normalized spacial score (nSPS) is 11.0. The van der Waals surface area contributed by atoms with Crippen LogP contribution >= 0.6 is 23.2 Å². The van der Waals surface area contributed by atoms with E-state index in [4.69, 9.17) is 28.9 Å². The monoisotopic (exact) mass is 381 g/mol. The summed E-state index contributed by atoms with van der Waals surface area (Å²) in [6.45, 7) is 0. The van der Waals surface area contributed by atoms with Gasteiger partial charge in [-0.3, -0.25) is 9.20 Å². The zero-order chi connectivity index (χ0) is 18.3. The third-order valence-electron chi connectivity index (χ3n) is 4.14. The van der Waals surface area contributed by atoms with Crippen LogP contribution < -0.4 is 5.73 Å². The van der Waals surface area contributed by atoms with Gasteiger partial charge in [0.05, 0.1) is 15.7 Å². The van der Waals surface area contributed by atoms with Crippen molar-refractivity contribution in [1.29, 1.82) is 0 Å². The van der Waals surface area contributed by atoms with Crippen LogP contribution in [0.5, 0.6) is 0 Å². The molecular weight excluding hydrogens is 369 g/mol. The second-order valence-corrected chi connectivity index (χ2v) is 6.63. The average molecular weight is 382 g/mol. The number of carbonyl (C=O) groups is 1. The fourth-order valence-electron chi connectivity index (χ4n) is 2.88. The molecule has 4 rings (SSSR count). The van der Waals surface area contributed by atoms with Crippen LogP contribution in [0.2, 0.25) is 10.0 Å². The molecule has 0 atom stereocenters. The van der Waals surface area contributed by atoms with Crippen molar-refractivity contribution in [2.75, 3.05) is 5.73 Å². The number of pyridine rings is 1. The van der Waals surface area contributed by atoms with E-state index < -0.39 is 0 Å². The molecule has 0 aliphatic rings. The number of fused-ring (bicyclic) bond motifs is 1. The van der Waals surface area contributed by atoms with Crippen LogP contribution in [0, 0.1) is 0 Å². The molecule has 128 valence electrons. The van der Waals surface area contributed by atoms with Gasteiger partial charge in [-0.05, 0) is 24.3 Å². The Bertz CT molecular complexity index is 1140. The van der Waals surface area contributed by atoms with E-state index in [1.165, 1.54) is 0 Å². The van der Waals surface area contributed by atoms with Gasteiger partial charge in [-0.1, -0.05) is 59.6 Å². The number of aromatic nitrogens is 2. The maximum Gasteiger partial charge on any atom is 0.194 e. The fraction of sp³-hybridized carbons (Fsp3) is 0. The van der Waals surface area contributed by atoms with Crippen LogP contribution in [-0.4, -0.2) is 15.2 Å². The number of nitrogens with zero attached hydrogens (tertiary/aromatic N) is 2. The molecule has 2 heterocycles. The Labute approximate surface area is 159 Å². The van der Waals surface area contributed by atoms with Gasteiger partial charge in [0.1, 0.15) is 5.65 Å². The first-order chi connectivity index (χ1) is 12.5. The molecule has 0 saturated heterocycles. The van der Waals surface area contributed by atoms with Gasteiger partial charge in [0.25, 0.3) is 0 Å². The average Bonchev–Trinajstić information content (AvgIpc) is 2.99. The van der Waals surface area contributed by atoms with E-state index >= 15 is 0 Å². The van der Waals surface area contributed by atoms with Gasteiger partial charge in [0.2, 0.25) is 0 Å². The summed E-state index contributed by atoms with van der Waals surface area (Å²) in [7, 11) is 0. The van der Waals surface area contributed by atoms with Crippen molar-refractivity contribution >= 4 is 40.5 Å². The number of hydrogen-bond donors (Lipinski definition) is 1. The van der Waals surface area contributed by atoms with Crippen molar-refractivity contribution in [2.24, 2.45) is 0 Å². The molecular formula is C20H13Cl2N3O. The van der Waals surface area contributed by atoms with Gasteiger partial charge in [-0.25, -0.2) is 4.98 Å². The molecule has 0 aliphatic carbocycles. The van der Waals surface area contributed by atoms with E-state index in [0.29, 0.717) is 38.3 Å². The minimum atomic E-state index is -0.0696. The first kappa shape index (κ1) is 16.6. The highest BCUT2D eigenvalue weighted by atomic mass is 35.5. The lowest BCUT2D eigenvalue weighted by Crippen LogP contribution is -2.03. The van der Waals surface area contributed by atoms with Crippen LogP contribution in [0.4, 0.5) is 5.82 Å². The van der Waals surface area contributed by atoms with E-state index in [1.807, 2.05) is 24.3 Å². The zero-order valence-electron chi connectivity index (χ0n) is 13.5. The molecule has 0 radical (unpaired) electrons. The predicted molar refractivity (Wildman–Crippen MR) is 105 cm³/mol. The van der Waals surface area contributed by atoms with E-state index in [2.05, 4.69) is 4.98 Å². The molecule has 2 aromatic carbocycles. The molecule has 0 aliphatic heterocycles. The van der Waals surface area contributed by atoms with E-state index in [1.54, 1.807) is 47.0 Å². The van der Waals surface area contributed by atoms with Crippen LogP contribution in [0.1, 0.15) is 15.9 Å². The highest BCUT2D eigenvalue weighted by molar-refractivity contribution is 6.42. The largest absolute Gasteiger partial charge is 0.382 e. The molecule has 26 heavy (non-hydrogen) atoms. The van der Waals surface area contributed by atoms with Crippen molar-refractivity contribution in [2.45, 2.75) is 0 Å². The number of carbonyl (C=O) groups excluding carboxylic acids is 1. The number of imidazole rings is 1. The quantitative estimate of drug-likeness (QED) is 0.500. The highest BCUT2D eigenvalue weighted by Crippen LogP contribution is 2.32. The summed E-state index contributed by atoms with van der Waals surface area (Å²) in [5.41, 5.74) is 9.37. The second kappa shape index (κ2) is 6.48. The molecule has 0 saturated carbocycles. The molecule has 0 bridgehead atoms. The molecule has 4 nitrogen and oxygen atoms in total. The number of hydrogen-bond acceptors (Lipinski definition) is 3. The van der Waals surface area contributed by atoms with Gasteiger partial charge in [0.15, 0.2) is 11.6 Å². The number of ketones is 1. The van der Waals surface area contributed by atoms with Gasteiger partial charge in [-0.15, -0.1) is 0 Å². The Hall–Kier alpha value is -2.82. The fourth-order valence-corrected chi connectivity index (χ4v) is 3.18. The van der Waals surface area contributed by atoms with Crippen LogP contribution in [-0.2, 0) is 0 Å². The standard InChI is InChI=1S/C20H13Cl2N3O/c21-15-8-6-13(10-16(15)22)18-20(23)24-17-9-7-14(11-25(17)18)19(26)12-4-2-1-3-5-12/h1-11H,23H2. The SMILES string of the molecule is Nc1nc2ccc(C(=O)c3ccccc3)cn2c1-c1ccc(Cl)c(Cl)c1. The van der Waals surface area contributed by atoms with Crippen LogP contribution in [0.15, 0.2) is 66.9 Å². The van der Waals surface area contributed by atoms with Crippen molar-refractivity contribution in [1.82, 2.24) is 9.38 Å². The molecule has 4 aromatic rings. The molecule has 6 heteroatoms. The molecule has 0 unspecified atom stereocenters. The lowest BCUT2D eigenvalue weighted by Gasteiger charge is -2.07. The van der Waals surface area contributed by atoms with E-state index in [-0.39, 0.29) is 5.78 Å². The van der Waals surface area contributed by atoms with Crippen molar-refractivity contribution in [3.05, 3.63) is 88.0 Å². The number of nitrogen functional groups attached to an aromatic ring is 1. The van der Waals surface area contributed by atoms with E-state index in [9.17, 15) is 4.79 Å². The summed E-state index contributed by atoms with van der Waals surface area (Å²) in [5, 5.41) is 0.887. The topological polar surface area (TPSA) is 60.4 Å². The number of nitrogens with two attached hydrogens (primary N) is 1. The second-order valence-electron chi connectivity index (χ2n) is 5.82. The lowest BCUT2D eigenvalue weighted by molar-refractivity contribution is 0.103. The highest BCUT2D eigenvalue weighted by Gasteiger charge is 2.16. The minimum absolute atomic E-state index is 0.0696. The van der Waals surface area contributed by atoms with E-state index in [0.717, 1.165) is 5.56 Å². The molecule has 0 fully saturated rings. The summed E-state index contributed by atoms with van der Waals surface area (Å²) >= 11 is 12.1. The van der Waals surface area contributed by atoms with Crippen molar-refractivity contribution in [3.63, 3.8) is 0 Å². The third-order valence-corrected chi connectivity index (χ3v) is 4.88. The number of rotatable bonds is 3. The Morgan fingerprint density at radius 1 is 0.923 bits per heavy atom. The zero-order valence-corrected chi connectivity index (χ0v) is 15.0. The van der Waals surface area contributed by atoms with Crippen molar-refractivity contribution in [3.8, 4) is 11.3 Å². The number of halogens is 2. The smallest absolute Gasteiger partial charge is 0.194 e. The van der Waals surface area contributed by atoms with Gasteiger partial charge in [-0.2, -0.15) is 0 Å². The maximum absolute atomic E-state index is 12.7. The Balaban J connectivity index is 1.88. The summed E-state index contributed by atoms with van der Waals surface area (Å²) in [6, 6.07) is 17.9. The summed E-state index contributed by atoms with van der Waals surface area (Å²) in [6.07, 6.45) is 1.74. The first-order valence-corrected chi connectivity index (χ1v) is 8.63. The summed E-state index contributed by atoms with van der Waals surface area (Å²) in [5.74, 6) is 0.285. The predicted octanol–water partition coefficient (Wildman–Crippen LogP) is 5.12. The Morgan fingerprint density at radius 3 is 2.42 bits per heavy atom. The van der Waals surface area contributed by atoms with Crippen LogP contribution in [0.25, 0.3) is 16.9 Å². The minimum Gasteiger partial charge on any atom is -0.382 e. The number of anilines is 1. The van der Waals surface area contributed by atoms with Gasteiger partial charge < -0.3 is 5.73 Å². The third kappa shape index (κ3) is 2.83. The lowest BCUT2D eigenvalue weighted by atomic mass is 10.1. The van der Waals surface area contributed by atoms with Gasteiger partial charge >= 0.3 is 0 Å². The molecule has 0 spiro atoms. The molecule has 0 amide bonds. The Kier molecular flexibility index (Phi) is 4.15. The van der Waals surface area contributed by atoms with Crippen molar-refractivity contribution < 1.29 is 4.79 Å². The maximum atomic E-state index is 12.7. The Morgan fingerprint density at radius 2 is 1.69 bits per heavy atom. The summed E-state index contributed by atoms with van der Waals surface area (Å²) in [4.78, 5) is 17.1. The van der Waals surface area contributed by atoms with Gasteiger partial charge in [0, 0.05) is 22.9 Å². The molecule has 2 N–H and O–H groups in total.